The van der Waals surface area contributed by atoms with Crippen molar-refractivity contribution in [1.29, 1.82) is 0 Å². The third kappa shape index (κ3) is 3.17. The van der Waals surface area contributed by atoms with Gasteiger partial charge in [-0.3, -0.25) is 4.79 Å². The van der Waals surface area contributed by atoms with E-state index in [4.69, 9.17) is 0 Å². The van der Waals surface area contributed by atoms with E-state index in [0.29, 0.717) is 19.4 Å². The number of rotatable bonds is 2. The summed E-state index contributed by atoms with van der Waals surface area (Å²) in [7, 11) is 0. The quantitative estimate of drug-likeness (QED) is 0.918. The number of halogens is 3. The summed E-state index contributed by atoms with van der Waals surface area (Å²) in [6.45, 7) is 0.165. The van der Waals surface area contributed by atoms with Gasteiger partial charge in [-0.05, 0) is 25.0 Å². The van der Waals surface area contributed by atoms with Crippen LogP contribution in [-0.2, 0) is 17.5 Å². The monoisotopic (exact) mass is 327 g/mol. The average Bonchev–Trinajstić information content (AvgIpc) is 2.86. The van der Waals surface area contributed by atoms with Gasteiger partial charge in [0.05, 0.1) is 17.1 Å². The number of fused-ring (bicyclic) bond motifs is 1. The molecule has 3 rings (SSSR count). The molecule has 2 heterocycles. The van der Waals surface area contributed by atoms with Crippen LogP contribution in [-0.4, -0.2) is 44.7 Å². The second-order valence-electron chi connectivity index (χ2n) is 5.64. The van der Waals surface area contributed by atoms with E-state index in [0.717, 1.165) is 4.57 Å². The number of hydrogen-bond donors (Lipinski definition) is 1. The lowest BCUT2D eigenvalue weighted by atomic mass is 10.1. The number of para-hydroxylation sites is 2. The maximum atomic E-state index is 13.2. The summed E-state index contributed by atoms with van der Waals surface area (Å²) >= 11 is 0. The molecular weight excluding hydrogens is 311 g/mol. The van der Waals surface area contributed by atoms with Crippen LogP contribution in [0.4, 0.5) is 13.2 Å². The number of β-amino-alcohol motifs (C(OH)–C–C–N with tert-alkyl or cyclic N) is 1. The molecule has 8 heteroatoms. The molecule has 1 N–H and O–H groups in total. The standard InChI is InChI=1S/C15H16F3N3O2/c16-15(17,18)14-19-11-5-1-2-6-12(11)21(14)9-13(23)20-7-3-4-10(22)8-20/h1-2,5-6,10,22H,3-4,7-9H2. The van der Waals surface area contributed by atoms with E-state index in [1.54, 1.807) is 12.1 Å². The number of nitrogens with zero attached hydrogens (tertiary/aromatic N) is 3. The zero-order valence-corrected chi connectivity index (χ0v) is 12.3. The minimum absolute atomic E-state index is 0.160. The van der Waals surface area contributed by atoms with Gasteiger partial charge in [0.2, 0.25) is 11.7 Å². The van der Waals surface area contributed by atoms with Crippen molar-refractivity contribution >= 4 is 16.9 Å². The number of hydrogen-bond acceptors (Lipinski definition) is 3. The van der Waals surface area contributed by atoms with Gasteiger partial charge < -0.3 is 14.6 Å². The molecule has 5 nitrogen and oxygen atoms in total. The number of likely N-dealkylation sites (tertiary alicyclic amines) is 1. The topological polar surface area (TPSA) is 58.4 Å². The van der Waals surface area contributed by atoms with Crippen LogP contribution >= 0.6 is 0 Å². The van der Waals surface area contributed by atoms with Crippen molar-refractivity contribution in [2.45, 2.75) is 31.7 Å². The Balaban J connectivity index is 1.93. The molecule has 124 valence electrons. The lowest BCUT2D eigenvalue weighted by Crippen LogP contribution is -2.43. The highest BCUT2D eigenvalue weighted by molar-refractivity contribution is 5.81. The molecule has 0 radical (unpaired) electrons. The Morgan fingerprint density at radius 3 is 2.78 bits per heavy atom. The largest absolute Gasteiger partial charge is 0.449 e. The van der Waals surface area contributed by atoms with Crippen LogP contribution in [0.5, 0.6) is 0 Å². The molecule has 1 aliphatic rings. The second kappa shape index (κ2) is 5.84. The molecule has 1 unspecified atom stereocenters. The van der Waals surface area contributed by atoms with E-state index >= 15 is 0 Å². The molecule has 0 spiro atoms. The number of aromatic nitrogens is 2. The molecule has 2 aromatic rings. The predicted octanol–water partition coefficient (Wildman–Crippen LogP) is 2.04. The Bertz CT molecular complexity index is 726. The van der Waals surface area contributed by atoms with Crippen molar-refractivity contribution in [2.24, 2.45) is 0 Å². The van der Waals surface area contributed by atoms with Crippen LogP contribution < -0.4 is 0 Å². The minimum Gasteiger partial charge on any atom is -0.391 e. The van der Waals surface area contributed by atoms with E-state index in [2.05, 4.69) is 4.98 Å². The maximum absolute atomic E-state index is 13.2. The number of piperidine rings is 1. The maximum Gasteiger partial charge on any atom is 0.449 e. The molecule has 1 fully saturated rings. The summed E-state index contributed by atoms with van der Waals surface area (Å²) in [5.74, 6) is -1.53. The molecule has 23 heavy (non-hydrogen) atoms. The Morgan fingerprint density at radius 2 is 2.09 bits per heavy atom. The first-order chi connectivity index (χ1) is 10.9. The fourth-order valence-corrected chi connectivity index (χ4v) is 2.87. The number of alkyl halides is 3. The van der Waals surface area contributed by atoms with Crippen molar-refractivity contribution in [2.75, 3.05) is 13.1 Å². The van der Waals surface area contributed by atoms with Gasteiger partial charge in [-0.15, -0.1) is 0 Å². The Hall–Kier alpha value is -2.09. The fourth-order valence-electron chi connectivity index (χ4n) is 2.87. The highest BCUT2D eigenvalue weighted by Gasteiger charge is 2.38. The molecule has 0 bridgehead atoms. The Kier molecular flexibility index (Phi) is 4.01. The van der Waals surface area contributed by atoms with Crippen LogP contribution in [0.15, 0.2) is 24.3 Å². The van der Waals surface area contributed by atoms with Crippen molar-refractivity contribution in [3.63, 3.8) is 0 Å². The van der Waals surface area contributed by atoms with Gasteiger partial charge in [-0.25, -0.2) is 4.98 Å². The molecule has 1 amide bonds. The number of imidazole rings is 1. The molecule has 0 aliphatic carbocycles. The van der Waals surface area contributed by atoms with Gasteiger partial charge in [-0.1, -0.05) is 12.1 Å². The summed E-state index contributed by atoms with van der Waals surface area (Å²) in [6.07, 6.45) is -4.01. The fraction of sp³-hybridized carbons (Fsp3) is 0.467. The lowest BCUT2D eigenvalue weighted by Gasteiger charge is -2.30. The predicted molar refractivity (Wildman–Crippen MR) is 76.6 cm³/mol. The smallest absolute Gasteiger partial charge is 0.391 e. The van der Waals surface area contributed by atoms with Gasteiger partial charge in [0, 0.05) is 13.1 Å². The Labute approximate surface area is 130 Å². The Morgan fingerprint density at radius 1 is 1.35 bits per heavy atom. The van der Waals surface area contributed by atoms with Crippen molar-refractivity contribution < 1.29 is 23.1 Å². The summed E-state index contributed by atoms with van der Waals surface area (Å²) in [4.78, 5) is 17.4. The normalized spacial score (nSPS) is 19.3. The molecule has 1 atom stereocenters. The molecule has 1 aliphatic heterocycles. The number of carbonyl (C=O) groups is 1. The zero-order chi connectivity index (χ0) is 16.6. The number of aliphatic hydroxyl groups is 1. The number of aliphatic hydroxyl groups excluding tert-OH is 1. The molecule has 0 saturated carbocycles. The van der Waals surface area contributed by atoms with Gasteiger partial charge in [-0.2, -0.15) is 13.2 Å². The highest BCUT2D eigenvalue weighted by atomic mass is 19.4. The van der Waals surface area contributed by atoms with Crippen LogP contribution in [0.2, 0.25) is 0 Å². The van der Waals surface area contributed by atoms with Crippen molar-refractivity contribution in [1.82, 2.24) is 14.5 Å². The number of benzene rings is 1. The van der Waals surface area contributed by atoms with Gasteiger partial charge >= 0.3 is 6.18 Å². The molecule has 1 aromatic heterocycles. The van der Waals surface area contributed by atoms with Crippen LogP contribution in [0, 0.1) is 0 Å². The van der Waals surface area contributed by atoms with Crippen molar-refractivity contribution in [3.8, 4) is 0 Å². The first-order valence-electron chi connectivity index (χ1n) is 7.34. The number of carbonyl (C=O) groups excluding carboxylic acids is 1. The SMILES string of the molecule is O=C(Cn1c(C(F)(F)F)nc2ccccc21)N1CCCC(O)C1. The van der Waals surface area contributed by atoms with Crippen LogP contribution in [0.3, 0.4) is 0 Å². The first kappa shape index (κ1) is 15.8. The van der Waals surface area contributed by atoms with E-state index in [-0.39, 0.29) is 17.6 Å². The summed E-state index contributed by atoms with van der Waals surface area (Å²) in [6, 6.07) is 6.20. The minimum atomic E-state index is -4.64. The summed E-state index contributed by atoms with van der Waals surface area (Å²) in [5.41, 5.74) is 0.469. The van der Waals surface area contributed by atoms with Gasteiger partial charge in [0.1, 0.15) is 6.54 Å². The van der Waals surface area contributed by atoms with E-state index < -0.39 is 30.6 Å². The third-order valence-corrected chi connectivity index (χ3v) is 3.95. The molecule has 1 aromatic carbocycles. The van der Waals surface area contributed by atoms with Crippen molar-refractivity contribution in [3.05, 3.63) is 30.1 Å². The van der Waals surface area contributed by atoms with E-state index in [1.807, 2.05) is 0 Å². The zero-order valence-electron chi connectivity index (χ0n) is 12.3. The molecule has 1 saturated heterocycles. The van der Waals surface area contributed by atoms with E-state index in [9.17, 15) is 23.1 Å². The molecular formula is C15H16F3N3O2. The van der Waals surface area contributed by atoms with Crippen LogP contribution in [0.1, 0.15) is 18.7 Å². The van der Waals surface area contributed by atoms with E-state index in [1.165, 1.54) is 17.0 Å². The van der Waals surface area contributed by atoms with Gasteiger partial charge in [0.25, 0.3) is 0 Å². The highest BCUT2D eigenvalue weighted by Crippen LogP contribution is 2.31. The lowest BCUT2D eigenvalue weighted by molar-refractivity contribution is -0.148. The second-order valence-corrected chi connectivity index (χ2v) is 5.64. The number of amides is 1. The first-order valence-corrected chi connectivity index (χ1v) is 7.34. The summed E-state index contributed by atoms with van der Waals surface area (Å²) < 4.78 is 40.5. The third-order valence-electron chi connectivity index (χ3n) is 3.95. The average molecular weight is 327 g/mol. The van der Waals surface area contributed by atoms with Gasteiger partial charge in [0.15, 0.2) is 0 Å². The van der Waals surface area contributed by atoms with Crippen LogP contribution in [0.25, 0.3) is 11.0 Å². The summed E-state index contributed by atoms with van der Waals surface area (Å²) in [5, 5.41) is 9.62.